The van der Waals surface area contributed by atoms with E-state index >= 15 is 0 Å². The molecule has 0 fully saturated rings. The highest BCUT2D eigenvalue weighted by Gasteiger charge is 2.19. The number of hydrogen-bond acceptors (Lipinski definition) is 4. The number of carbonyl (C=O) groups is 1. The van der Waals surface area contributed by atoms with Gasteiger partial charge in [-0.05, 0) is 60.2 Å². The minimum absolute atomic E-state index is 0.136. The first-order valence-electron chi connectivity index (χ1n) is 10.3. The molecular weight excluding hydrogens is 476 g/mol. The number of anilines is 2. The van der Waals surface area contributed by atoms with Gasteiger partial charge in [0.1, 0.15) is 0 Å². The Bertz CT molecular complexity index is 1540. The number of nitrogens with zero attached hydrogens (tertiary/aromatic N) is 3. The third-order valence-electron chi connectivity index (χ3n) is 5.59. The highest BCUT2D eigenvalue weighted by Crippen LogP contribution is 2.23. The molecule has 0 saturated carbocycles. The van der Waals surface area contributed by atoms with Crippen LogP contribution < -0.4 is 15.3 Å². The van der Waals surface area contributed by atoms with Crippen molar-refractivity contribution in [2.75, 3.05) is 15.9 Å². The molecule has 10 heteroatoms. The summed E-state index contributed by atoms with van der Waals surface area (Å²) in [7, 11) is -0.200. The molecule has 4 aromatic rings. The van der Waals surface area contributed by atoms with Gasteiger partial charge in [-0.3, -0.25) is 18.2 Å². The number of aromatic nitrogens is 2. The van der Waals surface area contributed by atoms with Crippen LogP contribution in [-0.2, 0) is 30.7 Å². The summed E-state index contributed by atoms with van der Waals surface area (Å²) in [6.45, 7) is 0.136. The number of imidazole rings is 1. The largest absolute Gasteiger partial charge is 0.328 e. The predicted octanol–water partition coefficient (Wildman–Crippen LogP) is 3.75. The summed E-state index contributed by atoms with van der Waals surface area (Å²) < 4.78 is 29.2. The molecule has 1 amide bonds. The van der Waals surface area contributed by atoms with Gasteiger partial charge in [-0.2, -0.15) is 0 Å². The van der Waals surface area contributed by atoms with Crippen LogP contribution in [0.25, 0.3) is 11.0 Å². The molecule has 0 unspecified atom stereocenters. The second-order valence-corrected chi connectivity index (χ2v) is 10.3. The Morgan fingerprint density at radius 3 is 2.18 bits per heavy atom. The fraction of sp³-hybridized carbons (Fsp3) is 0.167. The quantitative estimate of drug-likeness (QED) is 0.438. The number of rotatable bonds is 6. The van der Waals surface area contributed by atoms with Gasteiger partial charge in [0.15, 0.2) is 0 Å². The molecule has 0 bridgehead atoms. The average molecular weight is 499 g/mol. The summed E-state index contributed by atoms with van der Waals surface area (Å²) >= 11 is 5.92. The Kier molecular flexibility index (Phi) is 6.24. The Hall–Kier alpha value is -3.56. The van der Waals surface area contributed by atoms with E-state index in [1.54, 1.807) is 80.8 Å². The van der Waals surface area contributed by atoms with E-state index in [0.29, 0.717) is 27.5 Å². The van der Waals surface area contributed by atoms with Gasteiger partial charge in [0.25, 0.3) is 5.91 Å². The van der Waals surface area contributed by atoms with E-state index < -0.39 is 10.0 Å². The molecule has 1 heterocycles. The Morgan fingerprint density at radius 2 is 1.56 bits per heavy atom. The number of aryl methyl sites for hydroxylation is 2. The van der Waals surface area contributed by atoms with E-state index in [0.717, 1.165) is 17.3 Å². The zero-order valence-electron chi connectivity index (χ0n) is 18.8. The van der Waals surface area contributed by atoms with Gasteiger partial charge in [0.05, 0.1) is 29.5 Å². The zero-order chi connectivity index (χ0) is 24.6. The number of halogens is 1. The van der Waals surface area contributed by atoms with Crippen LogP contribution in [0.3, 0.4) is 0 Å². The van der Waals surface area contributed by atoms with Crippen LogP contribution in [0, 0.1) is 0 Å². The second-order valence-electron chi connectivity index (χ2n) is 8.00. The lowest BCUT2D eigenvalue weighted by Gasteiger charge is -2.23. The van der Waals surface area contributed by atoms with E-state index in [1.165, 1.54) is 13.4 Å². The number of benzene rings is 3. The number of hydrogen-bond donors (Lipinski definition) is 1. The molecule has 176 valence electrons. The molecule has 1 aromatic heterocycles. The number of fused-ring (bicyclic) bond motifs is 1. The van der Waals surface area contributed by atoms with Crippen LogP contribution in [0.2, 0.25) is 5.02 Å². The standard InChI is InChI=1S/C24H23ClN4O4S/c1-27-21-13-10-19(14-22(21)28(2)24(27)31)26-23(30)17-6-11-20(12-7-17)29(34(3,32)33)15-16-4-8-18(25)9-5-16/h4-14H,15H2,1-3H3,(H,26,30). The van der Waals surface area contributed by atoms with Crippen molar-refractivity contribution in [3.63, 3.8) is 0 Å². The summed E-state index contributed by atoms with van der Waals surface area (Å²) in [5, 5.41) is 3.39. The van der Waals surface area contributed by atoms with Crippen molar-refractivity contribution in [3.8, 4) is 0 Å². The van der Waals surface area contributed by atoms with Crippen molar-refractivity contribution in [1.29, 1.82) is 0 Å². The van der Waals surface area contributed by atoms with Crippen molar-refractivity contribution < 1.29 is 13.2 Å². The van der Waals surface area contributed by atoms with Gasteiger partial charge in [-0.25, -0.2) is 13.2 Å². The molecule has 1 N–H and O–H groups in total. The first-order valence-corrected chi connectivity index (χ1v) is 12.6. The van der Waals surface area contributed by atoms with Crippen molar-refractivity contribution in [1.82, 2.24) is 9.13 Å². The third kappa shape index (κ3) is 4.71. The smallest absolute Gasteiger partial charge is 0.322 e. The lowest BCUT2D eigenvalue weighted by atomic mass is 10.1. The number of amides is 1. The lowest BCUT2D eigenvalue weighted by Crippen LogP contribution is -2.29. The first kappa shape index (κ1) is 23.6. The summed E-state index contributed by atoms with van der Waals surface area (Å²) in [6.07, 6.45) is 1.14. The van der Waals surface area contributed by atoms with Gasteiger partial charge in [0, 0.05) is 30.4 Å². The van der Waals surface area contributed by atoms with Crippen molar-refractivity contribution in [2.24, 2.45) is 14.1 Å². The fourth-order valence-corrected chi connectivity index (χ4v) is 4.74. The summed E-state index contributed by atoms with van der Waals surface area (Å²) in [4.78, 5) is 24.9. The lowest BCUT2D eigenvalue weighted by molar-refractivity contribution is 0.102. The number of carbonyl (C=O) groups excluding carboxylic acids is 1. The second kappa shape index (κ2) is 9.00. The normalized spacial score (nSPS) is 11.5. The van der Waals surface area contributed by atoms with Crippen LogP contribution in [-0.4, -0.2) is 29.7 Å². The van der Waals surface area contributed by atoms with Crippen molar-refractivity contribution >= 4 is 49.9 Å². The maximum absolute atomic E-state index is 12.8. The Morgan fingerprint density at radius 1 is 0.941 bits per heavy atom. The van der Waals surface area contributed by atoms with Crippen LogP contribution >= 0.6 is 11.6 Å². The van der Waals surface area contributed by atoms with E-state index in [-0.39, 0.29) is 18.1 Å². The zero-order valence-corrected chi connectivity index (χ0v) is 20.4. The highest BCUT2D eigenvalue weighted by molar-refractivity contribution is 7.92. The molecule has 8 nitrogen and oxygen atoms in total. The minimum atomic E-state index is -3.56. The number of sulfonamides is 1. The SMILES string of the molecule is Cn1c(=O)n(C)c2cc(NC(=O)c3ccc(N(Cc4ccc(Cl)cc4)S(C)(=O)=O)cc3)ccc21. The summed E-state index contributed by atoms with van der Waals surface area (Å²) in [5.74, 6) is -0.351. The van der Waals surface area contributed by atoms with Crippen LogP contribution in [0.4, 0.5) is 11.4 Å². The average Bonchev–Trinajstić information content (AvgIpc) is 3.01. The Balaban J connectivity index is 1.55. The van der Waals surface area contributed by atoms with Crippen LogP contribution in [0.15, 0.2) is 71.5 Å². The van der Waals surface area contributed by atoms with E-state index in [9.17, 15) is 18.0 Å². The molecule has 0 saturated heterocycles. The molecule has 4 rings (SSSR count). The molecule has 3 aromatic carbocycles. The van der Waals surface area contributed by atoms with Gasteiger partial charge >= 0.3 is 5.69 Å². The molecule has 0 spiro atoms. The molecule has 0 aliphatic rings. The third-order valence-corrected chi connectivity index (χ3v) is 6.98. The fourth-order valence-electron chi connectivity index (χ4n) is 3.72. The number of nitrogens with one attached hydrogen (secondary N) is 1. The van der Waals surface area contributed by atoms with Gasteiger partial charge < -0.3 is 5.32 Å². The minimum Gasteiger partial charge on any atom is -0.322 e. The van der Waals surface area contributed by atoms with Crippen LogP contribution in [0.5, 0.6) is 0 Å². The molecule has 0 atom stereocenters. The molecular formula is C24H23ClN4O4S. The maximum Gasteiger partial charge on any atom is 0.328 e. The Labute approximate surface area is 202 Å². The van der Waals surface area contributed by atoms with E-state index in [2.05, 4.69) is 5.32 Å². The highest BCUT2D eigenvalue weighted by atomic mass is 35.5. The summed E-state index contributed by atoms with van der Waals surface area (Å²) in [5.41, 5.74) is 3.44. The van der Waals surface area contributed by atoms with E-state index in [4.69, 9.17) is 11.6 Å². The van der Waals surface area contributed by atoms with Gasteiger partial charge in [-0.1, -0.05) is 23.7 Å². The molecule has 0 aliphatic heterocycles. The van der Waals surface area contributed by atoms with Crippen molar-refractivity contribution in [2.45, 2.75) is 6.54 Å². The monoisotopic (exact) mass is 498 g/mol. The van der Waals surface area contributed by atoms with Gasteiger partial charge in [0.2, 0.25) is 10.0 Å². The van der Waals surface area contributed by atoms with Gasteiger partial charge in [-0.15, -0.1) is 0 Å². The van der Waals surface area contributed by atoms with E-state index in [1.807, 2.05) is 0 Å². The molecule has 0 aliphatic carbocycles. The maximum atomic E-state index is 12.8. The molecule has 34 heavy (non-hydrogen) atoms. The van der Waals surface area contributed by atoms with Crippen LogP contribution in [0.1, 0.15) is 15.9 Å². The first-order chi connectivity index (χ1) is 16.0. The topological polar surface area (TPSA) is 93.4 Å². The predicted molar refractivity (Wildman–Crippen MR) is 135 cm³/mol. The molecule has 0 radical (unpaired) electrons. The summed E-state index contributed by atoms with van der Waals surface area (Å²) in [6, 6.07) is 18.5. The van der Waals surface area contributed by atoms with Crippen molar-refractivity contribution in [3.05, 3.63) is 93.4 Å².